The Hall–Kier alpha value is -3.37. The maximum absolute atomic E-state index is 14.2. The molecule has 0 unspecified atom stereocenters. The highest BCUT2D eigenvalue weighted by Gasteiger charge is 2.34. The summed E-state index contributed by atoms with van der Waals surface area (Å²) in [6.07, 6.45) is 1.77. The number of allylic oxidation sites excluding steroid dienone is 1. The first kappa shape index (κ1) is 37.9. The Morgan fingerprint density at radius 1 is 1.02 bits per heavy atom. The molecular weight excluding hydrogens is 886 g/mol. The standard InChI is InChI=1S/C35H30BrCl2IN2O8S/c1-5-46-27-15-21(8-10-26(27)48-17-29(42)45-4)31-30(34(44)47-6-2)18(3)40-35-41(31)33(43)28(50-35)14-20-11-22(36)32(25(39)13-20)49-16-19-7-9-23(37)24(38)12-19/h7-15,31H,5-6,16-17H2,1-4H3/b28-14-/t31-/m0/s1. The van der Waals surface area contributed by atoms with E-state index in [1.807, 2.05) is 25.1 Å². The summed E-state index contributed by atoms with van der Waals surface area (Å²) in [6, 6.07) is 13.2. The van der Waals surface area contributed by atoms with Crippen molar-refractivity contribution in [3.63, 3.8) is 0 Å². The van der Waals surface area contributed by atoms with E-state index in [9.17, 15) is 14.4 Å². The van der Waals surface area contributed by atoms with Crippen LogP contribution in [0.15, 0.2) is 74.1 Å². The second kappa shape index (κ2) is 16.8. The number of hydrogen-bond acceptors (Lipinski definition) is 10. The highest BCUT2D eigenvalue weighted by Crippen LogP contribution is 2.37. The van der Waals surface area contributed by atoms with Gasteiger partial charge in [0.1, 0.15) is 12.4 Å². The lowest BCUT2D eigenvalue weighted by atomic mass is 9.95. The molecule has 15 heteroatoms. The van der Waals surface area contributed by atoms with Crippen LogP contribution in [0.2, 0.25) is 10.0 Å². The molecule has 1 atom stereocenters. The highest BCUT2D eigenvalue weighted by molar-refractivity contribution is 14.1. The molecular formula is C35H30BrCl2IN2O8S. The average molecular weight is 916 g/mol. The topological polar surface area (TPSA) is 115 Å². The molecule has 2 heterocycles. The van der Waals surface area contributed by atoms with Gasteiger partial charge in [0.2, 0.25) is 0 Å². The van der Waals surface area contributed by atoms with E-state index in [2.05, 4.69) is 48.3 Å². The van der Waals surface area contributed by atoms with Crippen molar-refractivity contribution in [2.75, 3.05) is 26.9 Å². The summed E-state index contributed by atoms with van der Waals surface area (Å²) >= 11 is 19.2. The van der Waals surface area contributed by atoms with E-state index >= 15 is 0 Å². The minimum absolute atomic E-state index is 0.137. The summed E-state index contributed by atoms with van der Waals surface area (Å²) in [5.41, 5.74) is 2.46. The molecule has 0 saturated heterocycles. The number of halogens is 4. The third-order valence-electron chi connectivity index (χ3n) is 7.36. The van der Waals surface area contributed by atoms with Crippen LogP contribution >= 0.6 is 73.1 Å². The lowest BCUT2D eigenvalue weighted by Crippen LogP contribution is -2.40. The lowest BCUT2D eigenvalue weighted by molar-refractivity contribution is -0.143. The Kier molecular flexibility index (Phi) is 12.7. The van der Waals surface area contributed by atoms with Crippen molar-refractivity contribution in [1.82, 2.24) is 4.57 Å². The smallest absolute Gasteiger partial charge is 0.343 e. The molecule has 10 nitrogen and oxygen atoms in total. The number of benzene rings is 3. The molecule has 0 radical (unpaired) electrons. The van der Waals surface area contributed by atoms with Gasteiger partial charge in [0.15, 0.2) is 22.9 Å². The van der Waals surface area contributed by atoms with Gasteiger partial charge in [-0.25, -0.2) is 14.6 Å². The summed E-state index contributed by atoms with van der Waals surface area (Å²) < 4.78 is 31.1. The molecule has 0 fully saturated rings. The van der Waals surface area contributed by atoms with Gasteiger partial charge >= 0.3 is 11.9 Å². The molecule has 1 aromatic heterocycles. The van der Waals surface area contributed by atoms with Crippen LogP contribution in [0.25, 0.3) is 6.08 Å². The van der Waals surface area contributed by atoms with Gasteiger partial charge in [0.25, 0.3) is 5.56 Å². The van der Waals surface area contributed by atoms with Gasteiger partial charge in [-0.3, -0.25) is 9.36 Å². The molecule has 0 bridgehead atoms. The van der Waals surface area contributed by atoms with Crippen molar-refractivity contribution in [2.24, 2.45) is 4.99 Å². The number of carbonyl (C=O) groups is 2. The Morgan fingerprint density at radius 3 is 2.48 bits per heavy atom. The minimum atomic E-state index is -0.884. The first-order valence-corrected chi connectivity index (χ1v) is 18.6. The van der Waals surface area contributed by atoms with Crippen molar-refractivity contribution in [3.8, 4) is 17.2 Å². The molecule has 0 amide bonds. The van der Waals surface area contributed by atoms with Crippen molar-refractivity contribution in [3.05, 3.63) is 114 Å². The predicted molar refractivity (Wildman–Crippen MR) is 203 cm³/mol. The number of thiazole rings is 1. The molecule has 0 saturated carbocycles. The molecule has 50 heavy (non-hydrogen) atoms. The van der Waals surface area contributed by atoms with Gasteiger partial charge in [-0.05, 0) is 118 Å². The SMILES string of the molecule is CCOC(=O)C1=C(C)N=c2s/c(=C\c3cc(Br)c(OCc4ccc(Cl)c(Cl)c4)c(I)c3)c(=O)n2[C@H]1c1ccc(OCC(=O)OC)c(OCC)c1. The number of rotatable bonds is 12. The third kappa shape index (κ3) is 8.39. The van der Waals surface area contributed by atoms with Crippen LogP contribution < -0.4 is 29.1 Å². The maximum Gasteiger partial charge on any atom is 0.343 e. The van der Waals surface area contributed by atoms with Gasteiger partial charge < -0.3 is 23.7 Å². The number of methoxy groups -OCH3 is 1. The fraction of sp³-hybridized carbons (Fsp3) is 0.257. The quantitative estimate of drug-likeness (QED) is 0.110. The van der Waals surface area contributed by atoms with Crippen LogP contribution in [0.1, 0.15) is 43.5 Å². The second-order valence-corrected chi connectivity index (χ2v) is 14.5. The number of nitrogens with zero attached hydrogens (tertiary/aromatic N) is 2. The number of fused-ring (bicyclic) bond motifs is 1. The zero-order valence-corrected chi connectivity index (χ0v) is 33.3. The monoisotopic (exact) mass is 914 g/mol. The molecule has 3 aromatic carbocycles. The third-order valence-corrected chi connectivity index (χ3v) is 10.5. The predicted octanol–water partition coefficient (Wildman–Crippen LogP) is 7.00. The number of hydrogen-bond donors (Lipinski definition) is 0. The van der Waals surface area contributed by atoms with Crippen LogP contribution in [0.5, 0.6) is 17.2 Å². The molecule has 262 valence electrons. The summed E-state index contributed by atoms with van der Waals surface area (Å²) in [5.74, 6) is 0.117. The molecule has 0 N–H and O–H groups in total. The van der Waals surface area contributed by atoms with Crippen molar-refractivity contribution in [1.29, 1.82) is 0 Å². The second-order valence-electron chi connectivity index (χ2n) is 10.7. The van der Waals surface area contributed by atoms with Crippen LogP contribution in [-0.2, 0) is 25.7 Å². The lowest BCUT2D eigenvalue weighted by Gasteiger charge is -2.25. The average Bonchev–Trinajstić information content (AvgIpc) is 3.38. The number of ether oxygens (including phenoxy) is 5. The summed E-state index contributed by atoms with van der Waals surface area (Å²) in [7, 11) is 1.27. The number of esters is 2. The normalized spacial score (nSPS) is 14.2. The molecule has 1 aliphatic heterocycles. The molecule has 0 aliphatic carbocycles. The van der Waals surface area contributed by atoms with Crippen molar-refractivity contribution >= 4 is 91.1 Å². The van der Waals surface area contributed by atoms with E-state index in [1.165, 1.54) is 23.0 Å². The van der Waals surface area contributed by atoms with Gasteiger partial charge in [-0.1, -0.05) is 46.7 Å². The van der Waals surface area contributed by atoms with Gasteiger partial charge in [0, 0.05) is 0 Å². The Bertz CT molecular complexity index is 2160. The van der Waals surface area contributed by atoms with Crippen molar-refractivity contribution in [2.45, 2.75) is 33.4 Å². The van der Waals surface area contributed by atoms with E-state index in [0.717, 1.165) is 14.7 Å². The van der Waals surface area contributed by atoms with Crippen LogP contribution in [0, 0.1) is 3.57 Å². The number of carbonyl (C=O) groups excluding carboxylic acids is 2. The Labute approximate surface area is 323 Å². The van der Waals surface area contributed by atoms with Gasteiger partial charge in [0.05, 0.1) is 60.3 Å². The van der Waals surface area contributed by atoms with Gasteiger partial charge in [-0.2, -0.15) is 0 Å². The van der Waals surface area contributed by atoms with E-state index in [4.69, 9.17) is 42.1 Å². The first-order chi connectivity index (χ1) is 23.9. The van der Waals surface area contributed by atoms with Gasteiger partial charge in [-0.15, -0.1) is 0 Å². The zero-order chi connectivity index (χ0) is 36.1. The molecule has 4 aromatic rings. The number of aromatic nitrogens is 1. The first-order valence-electron chi connectivity index (χ1n) is 15.2. The Balaban J connectivity index is 1.56. The summed E-state index contributed by atoms with van der Waals surface area (Å²) in [6.45, 7) is 5.62. The Morgan fingerprint density at radius 2 is 1.80 bits per heavy atom. The molecule has 5 rings (SSSR count). The minimum Gasteiger partial charge on any atom is -0.490 e. The van der Waals surface area contributed by atoms with Crippen LogP contribution in [0.4, 0.5) is 0 Å². The molecule has 1 aliphatic rings. The fourth-order valence-corrected chi connectivity index (χ4v) is 8.26. The fourth-order valence-electron chi connectivity index (χ4n) is 5.12. The summed E-state index contributed by atoms with van der Waals surface area (Å²) in [5, 5.41) is 0.913. The van der Waals surface area contributed by atoms with E-state index in [1.54, 1.807) is 50.3 Å². The summed E-state index contributed by atoms with van der Waals surface area (Å²) in [4.78, 5) is 44.4. The largest absolute Gasteiger partial charge is 0.490 e. The van der Waals surface area contributed by atoms with E-state index in [0.29, 0.717) is 59.0 Å². The highest BCUT2D eigenvalue weighted by atomic mass is 127. The van der Waals surface area contributed by atoms with E-state index in [-0.39, 0.29) is 31.0 Å². The molecule has 0 spiro atoms. The maximum atomic E-state index is 14.2. The van der Waals surface area contributed by atoms with Crippen molar-refractivity contribution < 1.29 is 33.3 Å². The van der Waals surface area contributed by atoms with Crippen LogP contribution in [0.3, 0.4) is 0 Å². The van der Waals surface area contributed by atoms with E-state index < -0.39 is 18.0 Å². The van der Waals surface area contributed by atoms with Crippen LogP contribution in [-0.4, -0.2) is 43.4 Å². The zero-order valence-electron chi connectivity index (χ0n) is 27.2.